The predicted octanol–water partition coefficient (Wildman–Crippen LogP) is 1.88. The van der Waals surface area contributed by atoms with E-state index in [9.17, 15) is 8.42 Å². The number of anilines is 1. The highest BCUT2D eigenvalue weighted by Gasteiger charge is 2.16. The molecule has 4 nitrogen and oxygen atoms in total. The second kappa shape index (κ2) is 6.60. The lowest BCUT2D eigenvalue weighted by Crippen LogP contribution is -2.22. The fourth-order valence-corrected chi connectivity index (χ4v) is 2.06. The molecule has 0 saturated heterocycles. The van der Waals surface area contributed by atoms with Crippen molar-refractivity contribution in [1.82, 2.24) is 0 Å². The smallest absolute Gasteiger partial charge is 0.235 e. The molecule has 0 atom stereocenters. The Morgan fingerprint density at radius 1 is 1.37 bits per heavy atom. The SMILES string of the molecule is Cc1ccc(C#CCCO)cc1NS(=O)(=O)C(C)C. The Kier molecular flexibility index (Phi) is 5.40. The molecule has 1 aromatic rings. The standard InChI is InChI=1S/C14H19NO3S/c1-11(2)19(17,18)15-14-10-13(6-4-5-9-16)8-7-12(14)3/h7-8,10-11,15-16H,5,9H2,1-3H3. The Labute approximate surface area is 114 Å². The van der Waals surface area contributed by atoms with E-state index in [1.165, 1.54) is 0 Å². The summed E-state index contributed by atoms with van der Waals surface area (Å²) < 4.78 is 26.3. The Morgan fingerprint density at radius 2 is 2.05 bits per heavy atom. The first kappa shape index (κ1) is 15.5. The van der Waals surface area contributed by atoms with E-state index in [2.05, 4.69) is 16.6 Å². The molecule has 1 aromatic carbocycles. The molecule has 0 saturated carbocycles. The third-order valence-electron chi connectivity index (χ3n) is 2.58. The molecule has 0 aliphatic heterocycles. The number of nitrogens with one attached hydrogen (secondary N) is 1. The van der Waals surface area contributed by atoms with Gasteiger partial charge in [0.05, 0.1) is 17.5 Å². The topological polar surface area (TPSA) is 66.4 Å². The lowest BCUT2D eigenvalue weighted by Gasteiger charge is -2.13. The summed E-state index contributed by atoms with van der Waals surface area (Å²) in [5.41, 5.74) is 2.11. The van der Waals surface area contributed by atoms with E-state index in [0.29, 0.717) is 12.1 Å². The first-order valence-electron chi connectivity index (χ1n) is 6.09. The molecule has 0 aliphatic carbocycles. The van der Waals surface area contributed by atoms with Crippen molar-refractivity contribution in [2.45, 2.75) is 32.4 Å². The minimum Gasteiger partial charge on any atom is -0.395 e. The number of aliphatic hydroxyl groups excluding tert-OH is 1. The number of aryl methyl sites for hydroxylation is 1. The van der Waals surface area contributed by atoms with Crippen LogP contribution < -0.4 is 4.72 Å². The number of sulfonamides is 1. The molecule has 2 N–H and O–H groups in total. The van der Waals surface area contributed by atoms with Crippen LogP contribution in [0.3, 0.4) is 0 Å². The van der Waals surface area contributed by atoms with Crippen molar-refractivity contribution >= 4 is 15.7 Å². The van der Waals surface area contributed by atoms with Gasteiger partial charge < -0.3 is 5.11 Å². The molecule has 0 fully saturated rings. The van der Waals surface area contributed by atoms with Gasteiger partial charge in [-0.15, -0.1) is 0 Å². The van der Waals surface area contributed by atoms with Gasteiger partial charge in [-0.1, -0.05) is 17.9 Å². The largest absolute Gasteiger partial charge is 0.395 e. The molecular formula is C14H19NO3S. The molecule has 0 bridgehead atoms. The molecular weight excluding hydrogens is 262 g/mol. The van der Waals surface area contributed by atoms with Crippen LogP contribution in [0.1, 0.15) is 31.4 Å². The lowest BCUT2D eigenvalue weighted by molar-refractivity contribution is 0.305. The first-order chi connectivity index (χ1) is 8.86. The first-order valence-corrected chi connectivity index (χ1v) is 7.63. The summed E-state index contributed by atoms with van der Waals surface area (Å²) in [5.74, 6) is 5.69. The molecule has 0 unspecified atom stereocenters. The highest BCUT2D eigenvalue weighted by Crippen LogP contribution is 2.19. The van der Waals surface area contributed by atoms with Crippen LogP contribution in [-0.2, 0) is 10.0 Å². The molecule has 19 heavy (non-hydrogen) atoms. The van der Waals surface area contributed by atoms with E-state index in [0.717, 1.165) is 11.1 Å². The van der Waals surface area contributed by atoms with Gasteiger partial charge in [-0.25, -0.2) is 8.42 Å². The van der Waals surface area contributed by atoms with Crippen molar-refractivity contribution in [3.05, 3.63) is 29.3 Å². The van der Waals surface area contributed by atoms with Gasteiger partial charge in [0.2, 0.25) is 10.0 Å². The summed E-state index contributed by atoms with van der Waals surface area (Å²) in [6, 6.07) is 5.35. The van der Waals surface area contributed by atoms with E-state index in [1.54, 1.807) is 19.9 Å². The fraction of sp³-hybridized carbons (Fsp3) is 0.429. The van der Waals surface area contributed by atoms with E-state index in [-0.39, 0.29) is 6.61 Å². The number of aliphatic hydroxyl groups is 1. The summed E-state index contributed by atoms with van der Waals surface area (Å²) in [6.07, 6.45) is 0.404. The van der Waals surface area contributed by atoms with Crippen LogP contribution in [0.4, 0.5) is 5.69 Å². The van der Waals surface area contributed by atoms with E-state index in [1.807, 2.05) is 19.1 Å². The second-order valence-electron chi connectivity index (χ2n) is 4.50. The normalized spacial score (nSPS) is 11.0. The van der Waals surface area contributed by atoms with Gasteiger partial charge in [-0.3, -0.25) is 4.72 Å². The minimum absolute atomic E-state index is 0.0195. The Hall–Kier alpha value is -1.51. The van der Waals surface area contributed by atoms with Crippen molar-refractivity contribution in [1.29, 1.82) is 0 Å². The molecule has 0 amide bonds. The van der Waals surface area contributed by atoms with Crippen molar-refractivity contribution in [3.63, 3.8) is 0 Å². The van der Waals surface area contributed by atoms with E-state index in [4.69, 9.17) is 5.11 Å². The average molecular weight is 281 g/mol. The fourth-order valence-electron chi connectivity index (χ4n) is 1.30. The van der Waals surface area contributed by atoms with Gasteiger partial charge in [0.25, 0.3) is 0 Å². The van der Waals surface area contributed by atoms with Crippen LogP contribution in [-0.4, -0.2) is 25.4 Å². The third-order valence-corrected chi connectivity index (χ3v) is 4.33. The zero-order valence-corrected chi connectivity index (χ0v) is 12.2. The van der Waals surface area contributed by atoms with Crippen LogP contribution in [0.15, 0.2) is 18.2 Å². The average Bonchev–Trinajstić information content (AvgIpc) is 2.33. The minimum atomic E-state index is -3.35. The Bertz CT molecular complexity index is 595. The number of rotatable bonds is 4. The van der Waals surface area contributed by atoms with Gasteiger partial charge in [0.1, 0.15) is 0 Å². The maximum Gasteiger partial charge on any atom is 0.235 e. The molecule has 0 radical (unpaired) electrons. The van der Waals surface area contributed by atoms with Gasteiger partial charge in [0.15, 0.2) is 0 Å². The van der Waals surface area contributed by atoms with Crippen LogP contribution >= 0.6 is 0 Å². The van der Waals surface area contributed by atoms with Gasteiger partial charge in [-0.2, -0.15) is 0 Å². The van der Waals surface area contributed by atoms with Crippen LogP contribution in [0, 0.1) is 18.8 Å². The predicted molar refractivity (Wildman–Crippen MR) is 77.4 cm³/mol. The number of hydrogen-bond acceptors (Lipinski definition) is 3. The molecule has 104 valence electrons. The summed E-state index contributed by atoms with van der Waals surface area (Å²) in [6.45, 7) is 5.11. The highest BCUT2D eigenvalue weighted by molar-refractivity contribution is 7.93. The van der Waals surface area contributed by atoms with E-state index < -0.39 is 15.3 Å². The van der Waals surface area contributed by atoms with Crippen LogP contribution in [0.2, 0.25) is 0 Å². The molecule has 0 aliphatic rings. The molecule has 0 heterocycles. The summed E-state index contributed by atoms with van der Waals surface area (Å²) in [7, 11) is -3.35. The zero-order valence-electron chi connectivity index (χ0n) is 11.4. The van der Waals surface area contributed by atoms with Gasteiger partial charge in [-0.05, 0) is 38.5 Å². The van der Waals surface area contributed by atoms with Crippen molar-refractivity contribution in [2.24, 2.45) is 0 Å². The third kappa shape index (κ3) is 4.58. The molecule has 0 spiro atoms. The molecule has 0 aromatic heterocycles. The second-order valence-corrected chi connectivity index (χ2v) is 6.74. The van der Waals surface area contributed by atoms with Gasteiger partial charge in [0, 0.05) is 12.0 Å². The number of hydrogen-bond donors (Lipinski definition) is 2. The van der Waals surface area contributed by atoms with Crippen molar-refractivity contribution < 1.29 is 13.5 Å². The highest BCUT2D eigenvalue weighted by atomic mass is 32.2. The molecule has 1 rings (SSSR count). The Balaban J connectivity index is 3.03. The lowest BCUT2D eigenvalue weighted by atomic mass is 10.1. The van der Waals surface area contributed by atoms with Crippen LogP contribution in [0.25, 0.3) is 0 Å². The van der Waals surface area contributed by atoms with Crippen molar-refractivity contribution in [2.75, 3.05) is 11.3 Å². The van der Waals surface area contributed by atoms with Gasteiger partial charge >= 0.3 is 0 Å². The molecule has 5 heteroatoms. The van der Waals surface area contributed by atoms with Crippen LogP contribution in [0.5, 0.6) is 0 Å². The quantitative estimate of drug-likeness (QED) is 0.828. The maximum atomic E-state index is 11.8. The number of benzene rings is 1. The zero-order chi connectivity index (χ0) is 14.5. The monoisotopic (exact) mass is 281 g/mol. The summed E-state index contributed by atoms with van der Waals surface area (Å²) >= 11 is 0. The van der Waals surface area contributed by atoms with E-state index >= 15 is 0 Å². The van der Waals surface area contributed by atoms with Crippen molar-refractivity contribution in [3.8, 4) is 11.8 Å². The summed E-state index contributed by atoms with van der Waals surface area (Å²) in [4.78, 5) is 0. The summed E-state index contributed by atoms with van der Waals surface area (Å²) in [5, 5.41) is 8.17. The Morgan fingerprint density at radius 3 is 2.63 bits per heavy atom. The maximum absolute atomic E-state index is 11.8.